The van der Waals surface area contributed by atoms with Crippen molar-refractivity contribution in [2.45, 2.75) is 6.42 Å². The highest BCUT2D eigenvalue weighted by atomic mass is 16.4. The van der Waals surface area contributed by atoms with Crippen LogP contribution in [-0.4, -0.2) is 34.6 Å². The molecule has 2 N–H and O–H groups in total. The van der Waals surface area contributed by atoms with Crippen molar-refractivity contribution in [3.05, 3.63) is 42.0 Å². The summed E-state index contributed by atoms with van der Waals surface area (Å²) in [6.45, 7) is 3.93. The van der Waals surface area contributed by atoms with Crippen LogP contribution in [0.15, 0.2) is 30.9 Å². The van der Waals surface area contributed by atoms with Crippen LogP contribution in [0.4, 0.5) is 5.69 Å². The van der Waals surface area contributed by atoms with Crippen LogP contribution in [0.25, 0.3) is 0 Å². The van der Waals surface area contributed by atoms with Gasteiger partial charge < -0.3 is 15.1 Å². The summed E-state index contributed by atoms with van der Waals surface area (Å²) >= 11 is 0. The van der Waals surface area contributed by atoms with Crippen molar-refractivity contribution in [3.8, 4) is 0 Å². The average molecular weight is 275 g/mol. The summed E-state index contributed by atoms with van der Waals surface area (Å²) in [7, 11) is 0. The number of carboxylic acid groups (broad SMARTS) is 2. The number of hydrogen-bond donors (Lipinski definition) is 2. The third kappa shape index (κ3) is 2.40. The Kier molecular flexibility index (Phi) is 3.56. The summed E-state index contributed by atoms with van der Waals surface area (Å²) in [5.41, 5.74) is -0.0281. The maximum absolute atomic E-state index is 11.9. The monoisotopic (exact) mass is 275 g/mol. The Bertz CT molecular complexity index is 608. The van der Waals surface area contributed by atoms with Crippen LogP contribution < -0.4 is 4.90 Å². The number of carbonyl (C=O) groups excluding carboxylic acids is 1. The van der Waals surface area contributed by atoms with Gasteiger partial charge in [-0.1, -0.05) is 6.08 Å². The molecular formula is C14H13NO5. The number of amides is 1. The third-order valence-electron chi connectivity index (χ3n) is 3.25. The number of nitrogens with zero attached hydrogens (tertiary/aromatic N) is 1. The fourth-order valence-corrected chi connectivity index (χ4v) is 2.19. The zero-order valence-corrected chi connectivity index (χ0v) is 10.6. The van der Waals surface area contributed by atoms with Gasteiger partial charge in [-0.2, -0.15) is 0 Å². The molecule has 1 unspecified atom stereocenters. The number of rotatable bonds is 4. The van der Waals surface area contributed by atoms with Crippen molar-refractivity contribution >= 4 is 23.5 Å². The summed E-state index contributed by atoms with van der Waals surface area (Å²) in [4.78, 5) is 35.4. The van der Waals surface area contributed by atoms with Gasteiger partial charge in [-0.05, 0) is 18.2 Å². The highest BCUT2D eigenvalue weighted by molar-refractivity contribution is 6.04. The van der Waals surface area contributed by atoms with E-state index in [9.17, 15) is 14.4 Å². The molecule has 1 aliphatic rings. The quantitative estimate of drug-likeness (QED) is 0.814. The molecule has 0 spiro atoms. The number of hydrogen-bond acceptors (Lipinski definition) is 3. The molecule has 1 fully saturated rings. The molecule has 2 rings (SSSR count). The fraction of sp³-hybridized carbons (Fsp3) is 0.214. The van der Waals surface area contributed by atoms with Gasteiger partial charge >= 0.3 is 11.9 Å². The molecule has 20 heavy (non-hydrogen) atoms. The van der Waals surface area contributed by atoms with Crippen molar-refractivity contribution in [3.63, 3.8) is 0 Å². The number of carbonyl (C=O) groups is 3. The van der Waals surface area contributed by atoms with Gasteiger partial charge in [0.15, 0.2) is 0 Å². The van der Waals surface area contributed by atoms with Gasteiger partial charge in [0.2, 0.25) is 5.91 Å². The molecule has 0 saturated carbocycles. The van der Waals surface area contributed by atoms with Crippen molar-refractivity contribution < 1.29 is 24.6 Å². The average Bonchev–Trinajstić information content (AvgIpc) is 2.79. The number of carboxylic acids is 2. The Morgan fingerprint density at radius 1 is 1.30 bits per heavy atom. The lowest BCUT2D eigenvalue weighted by molar-refractivity contribution is -0.117. The van der Waals surface area contributed by atoms with E-state index in [-0.39, 0.29) is 35.1 Å². The molecule has 0 radical (unpaired) electrons. The Hall–Kier alpha value is -2.63. The molecule has 1 amide bonds. The molecule has 1 aromatic carbocycles. The second kappa shape index (κ2) is 5.16. The lowest BCUT2D eigenvalue weighted by atomic mass is 10.1. The predicted molar refractivity (Wildman–Crippen MR) is 71.0 cm³/mol. The number of benzene rings is 1. The first kappa shape index (κ1) is 13.8. The molecule has 0 bridgehead atoms. The van der Waals surface area contributed by atoms with Crippen LogP contribution in [-0.2, 0) is 4.79 Å². The van der Waals surface area contributed by atoms with Crippen molar-refractivity contribution in [2.75, 3.05) is 11.4 Å². The van der Waals surface area contributed by atoms with E-state index in [1.165, 1.54) is 23.1 Å². The zero-order valence-electron chi connectivity index (χ0n) is 10.6. The Morgan fingerprint density at radius 2 is 2.00 bits per heavy atom. The molecule has 1 saturated heterocycles. The Balaban J connectivity index is 2.50. The molecule has 1 aromatic rings. The van der Waals surface area contributed by atoms with E-state index >= 15 is 0 Å². The van der Waals surface area contributed by atoms with Gasteiger partial charge in [0.05, 0.1) is 16.8 Å². The van der Waals surface area contributed by atoms with E-state index in [2.05, 4.69) is 6.58 Å². The first-order valence-electron chi connectivity index (χ1n) is 5.97. The minimum atomic E-state index is -1.20. The van der Waals surface area contributed by atoms with E-state index < -0.39 is 11.9 Å². The normalized spacial score (nSPS) is 18.1. The second-order valence-corrected chi connectivity index (χ2v) is 4.55. The molecule has 6 nitrogen and oxygen atoms in total. The highest BCUT2D eigenvalue weighted by Gasteiger charge is 2.31. The number of aromatic carboxylic acids is 2. The van der Waals surface area contributed by atoms with Crippen molar-refractivity contribution in [2.24, 2.45) is 5.92 Å². The summed E-state index contributed by atoms with van der Waals surface area (Å²) in [5, 5.41) is 18.1. The van der Waals surface area contributed by atoms with E-state index in [1.807, 2.05) is 0 Å². The van der Waals surface area contributed by atoms with Gasteiger partial charge in [0.1, 0.15) is 0 Å². The molecule has 0 aromatic heterocycles. The Morgan fingerprint density at radius 3 is 2.50 bits per heavy atom. The van der Waals surface area contributed by atoms with Crippen LogP contribution in [0.1, 0.15) is 27.1 Å². The van der Waals surface area contributed by atoms with Crippen LogP contribution >= 0.6 is 0 Å². The first-order chi connectivity index (χ1) is 9.43. The summed E-state index contributed by atoms with van der Waals surface area (Å²) in [6.07, 6.45) is 1.89. The van der Waals surface area contributed by atoms with Crippen molar-refractivity contribution in [1.29, 1.82) is 0 Å². The lowest BCUT2D eigenvalue weighted by Gasteiger charge is -2.19. The standard InChI is InChI=1S/C14H13NO5/c1-2-8-5-12(16)15(7-8)11-6-9(13(17)18)3-4-10(11)14(19)20/h2-4,6,8H,1,5,7H2,(H,17,18)(H,19,20). The maximum atomic E-state index is 11.9. The first-order valence-corrected chi connectivity index (χ1v) is 5.97. The maximum Gasteiger partial charge on any atom is 0.337 e. The van der Waals surface area contributed by atoms with Gasteiger partial charge in [-0.25, -0.2) is 9.59 Å². The molecule has 1 heterocycles. The lowest BCUT2D eigenvalue weighted by Crippen LogP contribution is -2.26. The van der Waals surface area contributed by atoms with E-state index in [4.69, 9.17) is 10.2 Å². The summed E-state index contributed by atoms with van der Waals surface area (Å²) < 4.78 is 0. The Labute approximate surface area is 114 Å². The predicted octanol–water partition coefficient (Wildman–Crippen LogP) is 1.62. The molecule has 104 valence electrons. The molecule has 0 aliphatic carbocycles. The highest BCUT2D eigenvalue weighted by Crippen LogP contribution is 2.29. The van der Waals surface area contributed by atoms with Crippen LogP contribution in [0, 0.1) is 5.92 Å². The van der Waals surface area contributed by atoms with Gasteiger partial charge in [-0.3, -0.25) is 4.79 Å². The fourth-order valence-electron chi connectivity index (χ4n) is 2.19. The molecule has 6 heteroatoms. The summed E-state index contributed by atoms with van der Waals surface area (Å²) in [5.74, 6) is -2.67. The largest absolute Gasteiger partial charge is 0.478 e. The SMILES string of the molecule is C=CC1CC(=O)N(c2cc(C(=O)O)ccc2C(=O)O)C1. The van der Waals surface area contributed by atoms with Crippen LogP contribution in [0.3, 0.4) is 0 Å². The smallest absolute Gasteiger partial charge is 0.337 e. The van der Waals surface area contributed by atoms with E-state index in [0.717, 1.165) is 0 Å². The van der Waals surface area contributed by atoms with Crippen LogP contribution in [0.2, 0.25) is 0 Å². The number of anilines is 1. The van der Waals surface area contributed by atoms with Gasteiger partial charge in [-0.15, -0.1) is 6.58 Å². The van der Waals surface area contributed by atoms with Crippen LogP contribution in [0.5, 0.6) is 0 Å². The zero-order chi connectivity index (χ0) is 14.9. The van der Waals surface area contributed by atoms with E-state index in [1.54, 1.807) is 6.08 Å². The molecule has 1 atom stereocenters. The minimum Gasteiger partial charge on any atom is -0.478 e. The topological polar surface area (TPSA) is 94.9 Å². The molecule has 1 aliphatic heterocycles. The minimum absolute atomic E-state index is 0.0557. The van der Waals surface area contributed by atoms with Gasteiger partial charge in [0.25, 0.3) is 0 Å². The third-order valence-corrected chi connectivity index (χ3v) is 3.25. The van der Waals surface area contributed by atoms with E-state index in [0.29, 0.717) is 6.54 Å². The summed E-state index contributed by atoms with van der Waals surface area (Å²) in [6, 6.07) is 3.63. The second-order valence-electron chi connectivity index (χ2n) is 4.55. The van der Waals surface area contributed by atoms with Gasteiger partial charge in [0, 0.05) is 18.9 Å². The molecular weight excluding hydrogens is 262 g/mol. The van der Waals surface area contributed by atoms with Crippen molar-refractivity contribution in [1.82, 2.24) is 0 Å².